The standard InChI is InChI=1S/C14H25N5O/c1-14(2,3)13-17-10(15-4)9-11(18-13)19(6)8-7-12(20)16-5/h9H,7-8H2,1-6H3,(H,16,20)(H,15,17,18). The SMILES string of the molecule is CNC(=O)CCN(C)c1cc(NC)nc(C(C)(C)C)n1. The molecule has 0 radical (unpaired) electrons. The highest BCUT2D eigenvalue weighted by Gasteiger charge is 2.20. The van der Waals surface area contributed by atoms with Crippen molar-refractivity contribution in [3.8, 4) is 0 Å². The van der Waals surface area contributed by atoms with Crippen LogP contribution in [-0.4, -0.2) is 43.6 Å². The van der Waals surface area contributed by atoms with Gasteiger partial charge >= 0.3 is 0 Å². The highest BCUT2D eigenvalue weighted by Crippen LogP contribution is 2.23. The van der Waals surface area contributed by atoms with Crippen LogP contribution in [0.1, 0.15) is 33.0 Å². The van der Waals surface area contributed by atoms with Crippen molar-refractivity contribution >= 4 is 17.5 Å². The number of carbonyl (C=O) groups excluding carboxylic acids is 1. The number of hydrogen-bond donors (Lipinski definition) is 2. The molecule has 0 saturated carbocycles. The van der Waals surface area contributed by atoms with Gasteiger partial charge < -0.3 is 15.5 Å². The average molecular weight is 279 g/mol. The van der Waals surface area contributed by atoms with E-state index in [9.17, 15) is 4.79 Å². The predicted molar refractivity (Wildman–Crippen MR) is 82.2 cm³/mol. The van der Waals surface area contributed by atoms with Gasteiger partial charge in [0.25, 0.3) is 0 Å². The fraction of sp³-hybridized carbons (Fsp3) is 0.643. The van der Waals surface area contributed by atoms with Crippen LogP contribution in [0.2, 0.25) is 0 Å². The Labute approximate surface area is 121 Å². The van der Waals surface area contributed by atoms with E-state index in [2.05, 4.69) is 41.4 Å². The van der Waals surface area contributed by atoms with Gasteiger partial charge in [0.1, 0.15) is 17.5 Å². The van der Waals surface area contributed by atoms with E-state index in [0.29, 0.717) is 13.0 Å². The molecule has 1 rings (SSSR count). The molecule has 0 unspecified atom stereocenters. The third-order valence-electron chi connectivity index (χ3n) is 2.98. The van der Waals surface area contributed by atoms with Crippen molar-refractivity contribution in [1.29, 1.82) is 0 Å². The summed E-state index contributed by atoms with van der Waals surface area (Å²) in [6.07, 6.45) is 0.441. The number of aromatic nitrogens is 2. The second kappa shape index (κ2) is 6.54. The summed E-state index contributed by atoms with van der Waals surface area (Å²) in [5.41, 5.74) is -0.122. The van der Waals surface area contributed by atoms with Crippen molar-refractivity contribution in [2.45, 2.75) is 32.6 Å². The van der Waals surface area contributed by atoms with Gasteiger partial charge in [0.15, 0.2) is 0 Å². The van der Waals surface area contributed by atoms with Crippen LogP contribution in [0.4, 0.5) is 11.6 Å². The Kier molecular flexibility index (Phi) is 5.30. The quantitative estimate of drug-likeness (QED) is 0.852. The summed E-state index contributed by atoms with van der Waals surface area (Å²) < 4.78 is 0. The van der Waals surface area contributed by atoms with E-state index in [1.54, 1.807) is 7.05 Å². The molecule has 0 atom stereocenters. The van der Waals surface area contributed by atoms with Crippen molar-refractivity contribution in [3.05, 3.63) is 11.9 Å². The molecule has 112 valence electrons. The van der Waals surface area contributed by atoms with E-state index in [1.165, 1.54) is 0 Å². The molecular weight excluding hydrogens is 254 g/mol. The van der Waals surface area contributed by atoms with Crippen molar-refractivity contribution in [2.75, 3.05) is 37.9 Å². The number of amides is 1. The Bertz CT molecular complexity index is 467. The number of rotatable bonds is 5. The maximum atomic E-state index is 11.3. The minimum atomic E-state index is -0.122. The first-order valence-electron chi connectivity index (χ1n) is 6.77. The predicted octanol–water partition coefficient (Wildman–Crippen LogP) is 1.39. The second-order valence-corrected chi connectivity index (χ2v) is 5.78. The Balaban J connectivity index is 2.96. The molecule has 0 aliphatic rings. The summed E-state index contributed by atoms with van der Waals surface area (Å²) in [6, 6.07) is 1.89. The summed E-state index contributed by atoms with van der Waals surface area (Å²) in [5.74, 6) is 2.41. The number of nitrogens with zero attached hydrogens (tertiary/aromatic N) is 3. The molecule has 1 amide bonds. The van der Waals surface area contributed by atoms with E-state index < -0.39 is 0 Å². The van der Waals surface area contributed by atoms with Gasteiger partial charge in [-0.2, -0.15) is 0 Å². The Morgan fingerprint density at radius 1 is 1.30 bits per heavy atom. The van der Waals surface area contributed by atoms with Crippen LogP contribution in [0.15, 0.2) is 6.07 Å². The van der Waals surface area contributed by atoms with Gasteiger partial charge in [-0.3, -0.25) is 4.79 Å². The number of carbonyl (C=O) groups is 1. The van der Waals surface area contributed by atoms with Gasteiger partial charge in [0.05, 0.1) is 0 Å². The van der Waals surface area contributed by atoms with Gasteiger partial charge in [0.2, 0.25) is 5.91 Å². The molecule has 20 heavy (non-hydrogen) atoms. The summed E-state index contributed by atoms with van der Waals surface area (Å²) in [7, 11) is 5.41. The molecule has 1 aromatic rings. The molecule has 0 saturated heterocycles. The van der Waals surface area contributed by atoms with Gasteiger partial charge in [0, 0.05) is 45.6 Å². The van der Waals surface area contributed by atoms with Crippen LogP contribution in [0.5, 0.6) is 0 Å². The molecule has 0 aliphatic carbocycles. The van der Waals surface area contributed by atoms with Crippen molar-refractivity contribution < 1.29 is 4.79 Å². The van der Waals surface area contributed by atoms with Gasteiger partial charge in [-0.15, -0.1) is 0 Å². The third-order valence-corrected chi connectivity index (χ3v) is 2.98. The monoisotopic (exact) mass is 279 g/mol. The van der Waals surface area contributed by atoms with Crippen molar-refractivity contribution in [3.63, 3.8) is 0 Å². The minimum Gasteiger partial charge on any atom is -0.373 e. The maximum absolute atomic E-state index is 11.3. The summed E-state index contributed by atoms with van der Waals surface area (Å²) in [6.45, 7) is 6.85. The average Bonchev–Trinajstić information content (AvgIpc) is 2.42. The normalized spacial score (nSPS) is 11.1. The molecule has 1 heterocycles. The molecule has 0 bridgehead atoms. The number of anilines is 2. The summed E-state index contributed by atoms with van der Waals surface area (Å²) in [5, 5.41) is 5.67. The highest BCUT2D eigenvalue weighted by molar-refractivity contribution is 5.76. The highest BCUT2D eigenvalue weighted by atomic mass is 16.1. The fourth-order valence-corrected chi connectivity index (χ4v) is 1.60. The topological polar surface area (TPSA) is 70.2 Å². The lowest BCUT2D eigenvalue weighted by atomic mass is 9.96. The van der Waals surface area contributed by atoms with Crippen molar-refractivity contribution in [2.24, 2.45) is 0 Å². The molecule has 0 fully saturated rings. The van der Waals surface area contributed by atoms with E-state index in [1.807, 2.05) is 25.1 Å². The fourth-order valence-electron chi connectivity index (χ4n) is 1.60. The van der Waals surface area contributed by atoms with Crippen LogP contribution in [-0.2, 0) is 10.2 Å². The lowest BCUT2D eigenvalue weighted by molar-refractivity contribution is -0.120. The smallest absolute Gasteiger partial charge is 0.221 e. The zero-order valence-corrected chi connectivity index (χ0v) is 13.2. The first-order valence-corrected chi connectivity index (χ1v) is 6.77. The maximum Gasteiger partial charge on any atom is 0.221 e. The zero-order chi connectivity index (χ0) is 15.3. The summed E-state index contributed by atoms with van der Waals surface area (Å²) >= 11 is 0. The molecular formula is C14H25N5O. The Morgan fingerprint density at radius 3 is 2.45 bits per heavy atom. The van der Waals surface area contributed by atoms with E-state index in [0.717, 1.165) is 17.5 Å². The third kappa shape index (κ3) is 4.36. The first-order chi connectivity index (χ1) is 9.27. The lowest BCUT2D eigenvalue weighted by Gasteiger charge is -2.23. The van der Waals surface area contributed by atoms with Crippen LogP contribution >= 0.6 is 0 Å². The van der Waals surface area contributed by atoms with E-state index in [4.69, 9.17) is 0 Å². The molecule has 6 heteroatoms. The largest absolute Gasteiger partial charge is 0.373 e. The second-order valence-electron chi connectivity index (χ2n) is 5.78. The van der Waals surface area contributed by atoms with Crippen molar-refractivity contribution in [1.82, 2.24) is 15.3 Å². The number of hydrogen-bond acceptors (Lipinski definition) is 5. The molecule has 0 aromatic carbocycles. The zero-order valence-electron chi connectivity index (χ0n) is 13.2. The molecule has 2 N–H and O–H groups in total. The molecule has 1 aromatic heterocycles. The molecule has 0 spiro atoms. The van der Waals surface area contributed by atoms with Crippen LogP contribution < -0.4 is 15.5 Å². The summed E-state index contributed by atoms with van der Waals surface area (Å²) in [4.78, 5) is 22.4. The first kappa shape index (κ1) is 16.2. The number of nitrogens with one attached hydrogen (secondary N) is 2. The van der Waals surface area contributed by atoms with Gasteiger partial charge in [-0.05, 0) is 0 Å². The van der Waals surface area contributed by atoms with Crippen LogP contribution in [0, 0.1) is 0 Å². The minimum absolute atomic E-state index is 0.0239. The lowest BCUT2D eigenvalue weighted by Crippen LogP contribution is -2.28. The van der Waals surface area contributed by atoms with E-state index >= 15 is 0 Å². The van der Waals surface area contributed by atoms with Gasteiger partial charge in [-0.1, -0.05) is 20.8 Å². The Morgan fingerprint density at radius 2 is 1.95 bits per heavy atom. The molecule has 0 aliphatic heterocycles. The van der Waals surface area contributed by atoms with E-state index in [-0.39, 0.29) is 11.3 Å². The van der Waals surface area contributed by atoms with Gasteiger partial charge in [-0.25, -0.2) is 9.97 Å². The Hall–Kier alpha value is -1.85. The van der Waals surface area contributed by atoms with Crippen LogP contribution in [0.25, 0.3) is 0 Å². The van der Waals surface area contributed by atoms with Crippen LogP contribution in [0.3, 0.4) is 0 Å². The molecule has 6 nitrogen and oxygen atoms in total.